The number of nitrogens with zero attached hydrogens (tertiary/aromatic N) is 3. The minimum atomic E-state index is -1.59. The third-order valence-electron chi connectivity index (χ3n) is 6.75. The third kappa shape index (κ3) is 4.67. The largest absolute Gasteiger partial charge is 0.372 e. The zero-order valence-electron chi connectivity index (χ0n) is 21.2. The lowest BCUT2D eigenvalue weighted by Crippen LogP contribution is -2.57. The molecule has 5 rings (SSSR count). The van der Waals surface area contributed by atoms with Crippen molar-refractivity contribution in [3.05, 3.63) is 66.0 Å². The number of amides is 2. The number of ether oxygens (including phenoxy) is 1. The summed E-state index contributed by atoms with van der Waals surface area (Å²) >= 11 is 1.13. The van der Waals surface area contributed by atoms with Crippen molar-refractivity contribution in [2.45, 2.75) is 39.4 Å². The number of carbonyl (C=O) groups is 2. The number of anilines is 1. The summed E-state index contributed by atoms with van der Waals surface area (Å²) < 4.78 is 37.5. The van der Waals surface area contributed by atoms with Crippen LogP contribution in [0.15, 0.2) is 48.8 Å². The topological polar surface area (TPSA) is 96.5 Å². The molecule has 3 aromatic rings. The molecule has 2 aliphatic rings. The van der Waals surface area contributed by atoms with Crippen molar-refractivity contribution >= 4 is 28.8 Å². The van der Waals surface area contributed by atoms with Gasteiger partial charge in [0.25, 0.3) is 0 Å². The quantitative estimate of drug-likeness (QED) is 0.476. The Balaban J connectivity index is 1.63. The molecule has 3 heterocycles. The SMILES string of the molecule is C=C1NC(=O)C(C)(Cc2cc(-c3nnc(-c4ccccc4)s3)c(F)c(F)c2N2CC(C)OC(C)C2)C(=O)N1. The summed E-state index contributed by atoms with van der Waals surface area (Å²) in [5.74, 6) is -3.21. The third-order valence-corrected chi connectivity index (χ3v) is 7.75. The average Bonchev–Trinajstić information content (AvgIpc) is 3.35. The van der Waals surface area contributed by atoms with Crippen molar-refractivity contribution in [2.75, 3.05) is 18.0 Å². The van der Waals surface area contributed by atoms with Gasteiger partial charge in [-0.15, -0.1) is 10.2 Å². The second-order valence-corrected chi connectivity index (χ2v) is 10.9. The molecule has 11 heteroatoms. The van der Waals surface area contributed by atoms with Crippen molar-refractivity contribution in [2.24, 2.45) is 5.41 Å². The fourth-order valence-electron chi connectivity index (χ4n) is 4.92. The van der Waals surface area contributed by atoms with Crippen molar-refractivity contribution < 1.29 is 23.1 Å². The van der Waals surface area contributed by atoms with Crippen LogP contribution in [0.5, 0.6) is 0 Å². The minimum Gasteiger partial charge on any atom is -0.372 e. The van der Waals surface area contributed by atoms with Crippen LogP contribution in [0.3, 0.4) is 0 Å². The molecule has 2 aromatic carbocycles. The lowest BCUT2D eigenvalue weighted by Gasteiger charge is -2.39. The Bertz CT molecular complexity index is 1400. The van der Waals surface area contributed by atoms with Gasteiger partial charge in [-0.3, -0.25) is 9.59 Å². The highest BCUT2D eigenvalue weighted by atomic mass is 32.1. The van der Waals surface area contributed by atoms with E-state index in [0.717, 1.165) is 16.9 Å². The maximum Gasteiger partial charge on any atom is 0.241 e. The van der Waals surface area contributed by atoms with E-state index >= 15 is 8.78 Å². The van der Waals surface area contributed by atoms with Crippen LogP contribution in [-0.4, -0.2) is 47.3 Å². The highest BCUT2D eigenvalue weighted by molar-refractivity contribution is 7.17. The number of benzene rings is 2. The molecule has 2 unspecified atom stereocenters. The molecule has 0 saturated carbocycles. The van der Waals surface area contributed by atoms with Crippen LogP contribution in [0.4, 0.5) is 14.5 Å². The number of halogens is 2. The van der Waals surface area contributed by atoms with Gasteiger partial charge in [0.2, 0.25) is 11.8 Å². The van der Waals surface area contributed by atoms with Gasteiger partial charge in [0.05, 0.1) is 23.5 Å². The first-order valence-corrected chi connectivity index (χ1v) is 13.0. The smallest absolute Gasteiger partial charge is 0.241 e. The van der Waals surface area contributed by atoms with Gasteiger partial charge in [-0.25, -0.2) is 8.78 Å². The number of nitrogens with one attached hydrogen (secondary N) is 2. The van der Waals surface area contributed by atoms with Crippen LogP contribution < -0.4 is 15.5 Å². The molecule has 8 nitrogen and oxygen atoms in total. The van der Waals surface area contributed by atoms with Gasteiger partial charge in [-0.05, 0) is 38.8 Å². The molecule has 2 saturated heterocycles. The predicted octanol–water partition coefficient (Wildman–Crippen LogP) is 4.03. The molecule has 2 amide bonds. The first kappa shape index (κ1) is 25.9. The van der Waals surface area contributed by atoms with Gasteiger partial charge in [-0.2, -0.15) is 0 Å². The molecule has 0 bridgehead atoms. The second kappa shape index (κ2) is 9.88. The number of hydrogen-bond acceptors (Lipinski definition) is 7. The number of rotatable bonds is 5. The first-order chi connectivity index (χ1) is 18.1. The van der Waals surface area contributed by atoms with Gasteiger partial charge < -0.3 is 20.3 Å². The summed E-state index contributed by atoms with van der Waals surface area (Å²) in [6, 6.07) is 10.7. The molecule has 2 atom stereocenters. The van der Waals surface area contributed by atoms with E-state index in [2.05, 4.69) is 27.4 Å². The Morgan fingerprint density at radius 1 is 1.05 bits per heavy atom. The van der Waals surface area contributed by atoms with Crippen molar-refractivity contribution in [3.8, 4) is 21.1 Å². The monoisotopic (exact) mass is 539 g/mol. The molecule has 0 spiro atoms. The van der Waals surface area contributed by atoms with E-state index in [0.29, 0.717) is 23.7 Å². The number of hydrogen-bond donors (Lipinski definition) is 2. The molecule has 0 aliphatic carbocycles. The molecule has 198 valence electrons. The minimum absolute atomic E-state index is 0.00673. The normalized spacial score (nSPS) is 21.3. The fraction of sp³-hybridized carbons (Fsp3) is 0.333. The lowest BCUT2D eigenvalue weighted by atomic mass is 9.79. The van der Waals surface area contributed by atoms with E-state index in [4.69, 9.17) is 4.74 Å². The summed E-state index contributed by atoms with van der Waals surface area (Å²) in [6.07, 6.45) is -0.641. The van der Waals surface area contributed by atoms with Crippen LogP contribution in [0.25, 0.3) is 21.1 Å². The maximum absolute atomic E-state index is 16.0. The van der Waals surface area contributed by atoms with Crippen LogP contribution in [-0.2, 0) is 20.7 Å². The van der Waals surface area contributed by atoms with Crippen LogP contribution >= 0.6 is 11.3 Å². The zero-order chi connectivity index (χ0) is 27.2. The van der Waals surface area contributed by atoms with E-state index < -0.39 is 28.9 Å². The zero-order valence-corrected chi connectivity index (χ0v) is 22.0. The first-order valence-electron chi connectivity index (χ1n) is 12.2. The van der Waals surface area contributed by atoms with Gasteiger partial charge in [-0.1, -0.05) is 48.2 Å². The Morgan fingerprint density at radius 3 is 2.29 bits per heavy atom. The summed E-state index contributed by atoms with van der Waals surface area (Å²) in [4.78, 5) is 27.6. The number of carbonyl (C=O) groups excluding carboxylic acids is 2. The van der Waals surface area contributed by atoms with E-state index in [-0.39, 0.29) is 40.7 Å². The number of morpholine rings is 1. The Hall–Kier alpha value is -3.70. The second-order valence-electron chi connectivity index (χ2n) is 9.90. The van der Waals surface area contributed by atoms with Gasteiger partial charge in [0.1, 0.15) is 16.2 Å². The summed E-state index contributed by atoms with van der Waals surface area (Å²) in [7, 11) is 0. The average molecular weight is 540 g/mol. The standard InChI is InChI=1S/C27H27F2N5O3S/c1-14-12-34(13-15(2)37-14)22-18(11-27(4)25(35)30-16(3)31-26(27)36)10-19(20(28)21(22)29)24-33-32-23(38-24)17-8-6-5-7-9-17/h5-10,14-15H,3,11-13H2,1-2,4H3,(H,30,35)(H,31,36). The van der Waals surface area contributed by atoms with E-state index in [1.54, 1.807) is 4.90 Å². The predicted molar refractivity (Wildman–Crippen MR) is 140 cm³/mol. The number of aromatic nitrogens is 2. The van der Waals surface area contributed by atoms with Crippen molar-refractivity contribution in [1.82, 2.24) is 20.8 Å². The molecule has 1 aromatic heterocycles. The summed E-state index contributed by atoms with van der Waals surface area (Å²) in [6.45, 7) is 9.40. The van der Waals surface area contributed by atoms with Crippen molar-refractivity contribution in [3.63, 3.8) is 0 Å². The Morgan fingerprint density at radius 2 is 1.66 bits per heavy atom. The summed E-state index contributed by atoms with van der Waals surface area (Å²) in [5.41, 5.74) is -0.560. The van der Waals surface area contributed by atoms with Crippen LogP contribution in [0, 0.1) is 17.0 Å². The van der Waals surface area contributed by atoms with Crippen LogP contribution in [0.1, 0.15) is 26.3 Å². The van der Waals surface area contributed by atoms with Crippen molar-refractivity contribution in [1.29, 1.82) is 0 Å². The molecular weight excluding hydrogens is 512 g/mol. The van der Waals surface area contributed by atoms with E-state index in [9.17, 15) is 9.59 Å². The molecule has 2 fully saturated rings. The van der Waals surface area contributed by atoms with Gasteiger partial charge in [0, 0.05) is 18.7 Å². The maximum atomic E-state index is 16.0. The van der Waals surface area contributed by atoms with Gasteiger partial charge >= 0.3 is 0 Å². The molecule has 38 heavy (non-hydrogen) atoms. The molecule has 2 aliphatic heterocycles. The van der Waals surface area contributed by atoms with E-state index in [1.165, 1.54) is 13.0 Å². The fourth-order valence-corrected chi connectivity index (χ4v) is 5.78. The molecule has 0 radical (unpaired) electrons. The van der Waals surface area contributed by atoms with Crippen LogP contribution in [0.2, 0.25) is 0 Å². The van der Waals surface area contributed by atoms with E-state index in [1.807, 2.05) is 44.2 Å². The molecular formula is C27H27F2N5O3S. The Kier molecular flexibility index (Phi) is 6.74. The lowest BCUT2D eigenvalue weighted by molar-refractivity contribution is -0.144. The summed E-state index contributed by atoms with van der Waals surface area (Å²) in [5, 5.41) is 14.1. The highest BCUT2D eigenvalue weighted by Gasteiger charge is 2.46. The van der Waals surface area contributed by atoms with Gasteiger partial charge in [0.15, 0.2) is 16.6 Å². The molecule has 2 N–H and O–H groups in total. The Labute approximate surface area is 222 Å². The highest BCUT2D eigenvalue weighted by Crippen LogP contribution is 2.40.